The van der Waals surface area contributed by atoms with Gasteiger partial charge in [0.25, 0.3) is 0 Å². The summed E-state index contributed by atoms with van der Waals surface area (Å²) in [5.41, 5.74) is 4.14. The normalized spacial score (nSPS) is 11.0. The number of hydrogen-bond acceptors (Lipinski definition) is 4. The molecule has 0 radical (unpaired) electrons. The summed E-state index contributed by atoms with van der Waals surface area (Å²) in [6.45, 7) is 6.90. The highest BCUT2D eigenvalue weighted by Gasteiger charge is 2.12. The number of hydrogen-bond donors (Lipinski definition) is 2. The van der Waals surface area contributed by atoms with Crippen LogP contribution in [0.4, 0.5) is 0 Å². The van der Waals surface area contributed by atoms with Crippen molar-refractivity contribution in [3.05, 3.63) is 35.1 Å². The van der Waals surface area contributed by atoms with Crippen molar-refractivity contribution in [3.8, 4) is 0 Å². The highest BCUT2D eigenvalue weighted by molar-refractivity contribution is 5.89. The van der Waals surface area contributed by atoms with Gasteiger partial charge in [0.2, 0.25) is 5.91 Å². The van der Waals surface area contributed by atoms with E-state index in [2.05, 4.69) is 23.6 Å². The Balaban J connectivity index is 1.86. The molecule has 0 unspecified atom stereocenters. The molecule has 0 atom stereocenters. The van der Waals surface area contributed by atoms with Crippen molar-refractivity contribution < 1.29 is 13.9 Å². The van der Waals surface area contributed by atoms with Crippen LogP contribution in [0.25, 0.3) is 11.0 Å². The van der Waals surface area contributed by atoms with Gasteiger partial charge in [-0.15, -0.1) is 0 Å². The number of amides is 1. The van der Waals surface area contributed by atoms with Gasteiger partial charge in [0.05, 0.1) is 19.3 Å². The predicted octanol–water partition coefficient (Wildman–Crippen LogP) is 1.94. The van der Waals surface area contributed by atoms with Crippen molar-refractivity contribution in [1.82, 2.24) is 10.6 Å². The van der Waals surface area contributed by atoms with E-state index < -0.39 is 0 Å². The minimum Gasteiger partial charge on any atom is -0.464 e. The molecule has 22 heavy (non-hydrogen) atoms. The minimum absolute atomic E-state index is 0.00877. The van der Waals surface area contributed by atoms with Crippen LogP contribution in [0.1, 0.15) is 16.7 Å². The van der Waals surface area contributed by atoms with Gasteiger partial charge in [-0.3, -0.25) is 4.79 Å². The van der Waals surface area contributed by atoms with Gasteiger partial charge in [-0.1, -0.05) is 12.1 Å². The molecule has 0 saturated carbocycles. The Kier molecular flexibility index (Phi) is 5.98. The van der Waals surface area contributed by atoms with Crippen LogP contribution in [-0.4, -0.2) is 39.3 Å². The highest BCUT2D eigenvalue weighted by atomic mass is 16.5. The van der Waals surface area contributed by atoms with Crippen LogP contribution in [0.2, 0.25) is 0 Å². The van der Waals surface area contributed by atoms with E-state index in [0.29, 0.717) is 19.6 Å². The molecule has 0 fully saturated rings. The van der Waals surface area contributed by atoms with E-state index >= 15 is 0 Å². The summed E-state index contributed by atoms with van der Waals surface area (Å²) in [6, 6.07) is 4.09. The first-order valence-corrected chi connectivity index (χ1v) is 7.56. The fourth-order valence-corrected chi connectivity index (χ4v) is 2.35. The molecule has 0 spiro atoms. The van der Waals surface area contributed by atoms with E-state index in [1.807, 2.05) is 13.0 Å². The molecule has 0 aliphatic heterocycles. The average Bonchev–Trinajstić information content (AvgIpc) is 2.90. The number of ether oxygens (including phenoxy) is 1. The van der Waals surface area contributed by atoms with E-state index in [9.17, 15) is 4.79 Å². The van der Waals surface area contributed by atoms with Gasteiger partial charge in [0.15, 0.2) is 0 Å². The standard InChI is InChI=1S/C17H24N2O3/c1-12-4-5-15-14(11-22-17(15)13(12)2)10-16(20)19-7-6-18-8-9-21-3/h4-5,11,18H,6-10H2,1-3H3,(H,19,20). The van der Waals surface area contributed by atoms with Gasteiger partial charge >= 0.3 is 0 Å². The van der Waals surface area contributed by atoms with Gasteiger partial charge in [0, 0.05) is 37.7 Å². The molecule has 2 N–H and O–H groups in total. The number of carbonyl (C=O) groups is 1. The molecular formula is C17H24N2O3. The Morgan fingerprint density at radius 1 is 1.23 bits per heavy atom. The second-order valence-electron chi connectivity index (χ2n) is 5.41. The number of carbonyl (C=O) groups excluding carboxylic acids is 1. The average molecular weight is 304 g/mol. The van der Waals surface area contributed by atoms with Crippen molar-refractivity contribution in [3.63, 3.8) is 0 Å². The fraction of sp³-hybridized carbons (Fsp3) is 0.471. The maximum absolute atomic E-state index is 12.0. The number of methoxy groups -OCH3 is 1. The van der Waals surface area contributed by atoms with E-state index in [-0.39, 0.29) is 5.91 Å². The predicted molar refractivity (Wildman–Crippen MR) is 87.1 cm³/mol. The number of fused-ring (bicyclic) bond motifs is 1. The molecule has 5 heteroatoms. The van der Waals surface area contributed by atoms with Crippen molar-refractivity contribution in [1.29, 1.82) is 0 Å². The Hall–Kier alpha value is -1.85. The van der Waals surface area contributed by atoms with Gasteiger partial charge in [-0.25, -0.2) is 0 Å². The van der Waals surface area contributed by atoms with Crippen LogP contribution in [0, 0.1) is 13.8 Å². The van der Waals surface area contributed by atoms with E-state index in [1.165, 1.54) is 5.56 Å². The molecule has 0 aliphatic rings. The third-order valence-electron chi connectivity index (χ3n) is 3.80. The largest absolute Gasteiger partial charge is 0.464 e. The second-order valence-corrected chi connectivity index (χ2v) is 5.41. The van der Waals surface area contributed by atoms with E-state index in [4.69, 9.17) is 9.15 Å². The van der Waals surface area contributed by atoms with Crippen LogP contribution in [0.15, 0.2) is 22.8 Å². The maximum atomic E-state index is 12.0. The van der Waals surface area contributed by atoms with Crippen LogP contribution >= 0.6 is 0 Å². The number of aryl methyl sites for hydroxylation is 2. The number of benzene rings is 1. The Bertz CT molecular complexity index is 634. The number of furan rings is 1. The molecule has 1 aromatic carbocycles. The molecule has 1 heterocycles. The van der Waals surface area contributed by atoms with Crippen LogP contribution in [0.3, 0.4) is 0 Å². The lowest BCUT2D eigenvalue weighted by Crippen LogP contribution is -2.33. The molecule has 120 valence electrons. The SMILES string of the molecule is COCCNCCNC(=O)Cc1coc2c(C)c(C)ccc12. The smallest absolute Gasteiger partial charge is 0.224 e. The van der Waals surface area contributed by atoms with Gasteiger partial charge in [0.1, 0.15) is 5.58 Å². The molecule has 5 nitrogen and oxygen atoms in total. The number of nitrogens with one attached hydrogen (secondary N) is 2. The Labute approximate surface area is 131 Å². The summed E-state index contributed by atoms with van der Waals surface area (Å²) in [5, 5.41) is 7.11. The molecule has 0 saturated heterocycles. The lowest BCUT2D eigenvalue weighted by atomic mass is 10.0. The fourth-order valence-electron chi connectivity index (χ4n) is 2.35. The van der Waals surface area contributed by atoms with Crippen LogP contribution in [0.5, 0.6) is 0 Å². The third kappa shape index (κ3) is 4.08. The lowest BCUT2D eigenvalue weighted by Gasteiger charge is -2.06. The molecule has 0 bridgehead atoms. The summed E-state index contributed by atoms with van der Waals surface area (Å²) in [6.07, 6.45) is 2.03. The molecule has 2 aromatic rings. The minimum atomic E-state index is 0.00877. The zero-order chi connectivity index (χ0) is 15.9. The lowest BCUT2D eigenvalue weighted by molar-refractivity contribution is -0.120. The summed E-state index contributed by atoms with van der Waals surface area (Å²) in [5.74, 6) is 0.00877. The van der Waals surface area contributed by atoms with Gasteiger partial charge in [-0.2, -0.15) is 0 Å². The van der Waals surface area contributed by atoms with E-state index in [1.54, 1.807) is 13.4 Å². The zero-order valence-corrected chi connectivity index (χ0v) is 13.5. The molecule has 2 rings (SSSR count). The van der Waals surface area contributed by atoms with E-state index in [0.717, 1.165) is 35.2 Å². The summed E-state index contributed by atoms with van der Waals surface area (Å²) in [7, 11) is 1.67. The first-order chi connectivity index (χ1) is 10.6. The zero-order valence-electron chi connectivity index (χ0n) is 13.5. The molecule has 1 amide bonds. The van der Waals surface area contributed by atoms with Crippen molar-refractivity contribution in [2.75, 3.05) is 33.4 Å². The monoisotopic (exact) mass is 304 g/mol. The maximum Gasteiger partial charge on any atom is 0.224 e. The first kappa shape index (κ1) is 16.5. The summed E-state index contributed by atoms with van der Waals surface area (Å²) >= 11 is 0. The van der Waals surface area contributed by atoms with Crippen molar-refractivity contribution in [2.24, 2.45) is 0 Å². The van der Waals surface area contributed by atoms with Crippen molar-refractivity contribution >= 4 is 16.9 Å². The van der Waals surface area contributed by atoms with Crippen LogP contribution < -0.4 is 10.6 Å². The highest BCUT2D eigenvalue weighted by Crippen LogP contribution is 2.26. The first-order valence-electron chi connectivity index (χ1n) is 7.56. The second kappa shape index (κ2) is 7.96. The summed E-state index contributed by atoms with van der Waals surface area (Å²) in [4.78, 5) is 12.0. The quantitative estimate of drug-likeness (QED) is 0.732. The molecular weight excluding hydrogens is 280 g/mol. The Morgan fingerprint density at radius 2 is 2.05 bits per heavy atom. The molecule has 1 aromatic heterocycles. The summed E-state index contributed by atoms with van der Waals surface area (Å²) < 4.78 is 10.6. The number of rotatable bonds is 8. The topological polar surface area (TPSA) is 63.5 Å². The Morgan fingerprint density at radius 3 is 2.82 bits per heavy atom. The van der Waals surface area contributed by atoms with Crippen molar-refractivity contribution in [2.45, 2.75) is 20.3 Å². The third-order valence-corrected chi connectivity index (χ3v) is 3.80. The van der Waals surface area contributed by atoms with Gasteiger partial charge < -0.3 is 19.8 Å². The van der Waals surface area contributed by atoms with Crippen LogP contribution in [-0.2, 0) is 16.0 Å². The van der Waals surface area contributed by atoms with Gasteiger partial charge in [-0.05, 0) is 25.0 Å². The molecule has 0 aliphatic carbocycles.